The van der Waals surface area contributed by atoms with Gasteiger partial charge < -0.3 is 0 Å². The van der Waals surface area contributed by atoms with Crippen LogP contribution in [0.4, 0.5) is 26.3 Å². The van der Waals surface area contributed by atoms with Crippen molar-refractivity contribution in [2.24, 2.45) is 17.3 Å². The first-order valence-corrected chi connectivity index (χ1v) is 5.75. The van der Waals surface area contributed by atoms with Gasteiger partial charge in [-0.15, -0.1) is 0 Å². The fourth-order valence-corrected chi connectivity index (χ4v) is 2.96. The molecular weight excluding hydrogens is 272 g/mol. The lowest BCUT2D eigenvalue weighted by molar-refractivity contribution is -0.365. The normalized spacial score (nSPS) is 27.3. The zero-order valence-electron chi connectivity index (χ0n) is 9.98. The van der Waals surface area contributed by atoms with Gasteiger partial charge in [0.25, 0.3) is 0 Å². The molecule has 7 heteroatoms. The molecule has 0 aromatic heterocycles. The lowest BCUT2D eigenvalue weighted by Gasteiger charge is -2.42. The van der Waals surface area contributed by atoms with Crippen molar-refractivity contribution in [1.29, 1.82) is 5.26 Å². The highest BCUT2D eigenvalue weighted by atomic mass is 19.4. The van der Waals surface area contributed by atoms with Crippen molar-refractivity contribution in [2.75, 3.05) is 0 Å². The van der Waals surface area contributed by atoms with Crippen molar-refractivity contribution in [2.45, 2.75) is 38.0 Å². The van der Waals surface area contributed by atoms with Crippen LogP contribution in [0, 0.1) is 41.9 Å². The number of nitriles is 1. The van der Waals surface area contributed by atoms with E-state index in [9.17, 15) is 26.3 Å². The van der Waals surface area contributed by atoms with Gasteiger partial charge in [0.05, 0.1) is 6.07 Å². The molecule has 2 atom stereocenters. The van der Waals surface area contributed by atoms with Crippen LogP contribution in [-0.2, 0) is 0 Å². The lowest BCUT2D eigenvalue weighted by Crippen LogP contribution is -2.56. The minimum Gasteiger partial charge on any atom is -0.198 e. The zero-order chi connectivity index (χ0) is 14.9. The van der Waals surface area contributed by atoms with Crippen LogP contribution in [0.3, 0.4) is 0 Å². The number of hydrogen-bond donors (Lipinski definition) is 0. The second-order valence-electron chi connectivity index (χ2n) is 4.62. The van der Waals surface area contributed by atoms with E-state index in [1.165, 1.54) is 0 Å². The fourth-order valence-electron chi connectivity index (χ4n) is 2.96. The minimum absolute atomic E-state index is 0.279. The quantitative estimate of drug-likeness (QED) is 0.702. The maximum absolute atomic E-state index is 13.2. The van der Waals surface area contributed by atoms with Gasteiger partial charge in [-0.05, 0) is 37.5 Å². The molecule has 0 saturated heterocycles. The summed E-state index contributed by atoms with van der Waals surface area (Å²) < 4.78 is 79.1. The standard InChI is InChI=1S/C12H13F6N/c1-2-8-5-6-9(4-3-7-19)10(8,11(13,14)15)12(16,17)18/h6,8-9H,1-5H2. The zero-order valence-corrected chi connectivity index (χ0v) is 9.98. The Morgan fingerprint density at radius 2 is 1.74 bits per heavy atom. The summed E-state index contributed by atoms with van der Waals surface area (Å²) in [5, 5.41) is 8.39. The van der Waals surface area contributed by atoms with Crippen molar-refractivity contribution < 1.29 is 26.3 Å². The third-order valence-corrected chi connectivity index (χ3v) is 3.79. The van der Waals surface area contributed by atoms with Gasteiger partial charge in [-0.25, -0.2) is 0 Å². The molecule has 0 spiro atoms. The summed E-state index contributed by atoms with van der Waals surface area (Å²) in [6.07, 6.45) is -11.3. The van der Waals surface area contributed by atoms with Crippen LogP contribution in [0.2, 0.25) is 0 Å². The summed E-state index contributed by atoms with van der Waals surface area (Å²) in [6, 6.07) is 1.60. The van der Waals surface area contributed by atoms with Crippen LogP contribution in [0.15, 0.2) is 0 Å². The average Bonchev–Trinajstić information content (AvgIpc) is 2.64. The predicted molar refractivity (Wildman–Crippen MR) is 55.3 cm³/mol. The van der Waals surface area contributed by atoms with Gasteiger partial charge in [0.15, 0.2) is 5.41 Å². The molecule has 0 heterocycles. The molecular formula is C12H13F6N. The first-order chi connectivity index (χ1) is 8.62. The first-order valence-electron chi connectivity index (χ1n) is 5.75. The van der Waals surface area contributed by atoms with Crippen molar-refractivity contribution in [3.8, 4) is 6.07 Å². The Bertz CT molecular complexity index is 337. The van der Waals surface area contributed by atoms with Crippen molar-refractivity contribution in [3.05, 3.63) is 13.3 Å². The summed E-state index contributed by atoms with van der Waals surface area (Å²) in [6.45, 7) is 3.22. The van der Waals surface area contributed by atoms with Gasteiger partial charge in [-0.1, -0.05) is 6.92 Å². The van der Waals surface area contributed by atoms with Crippen LogP contribution in [-0.4, -0.2) is 12.4 Å². The lowest BCUT2D eigenvalue weighted by atomic mass is 9.68. The van der Waals surface area contributed by atoms with E-state index in [2.05, 4.69) is 6.92 Å². The van der Waals surface area contributed by atoms with E-state index in [1.54, 1.807) is 6.07 Å². The Kier molecular flexibility index (Phi) is 4.43. The molecule has 19 heavy (non-hydrogen) atoms. The molecule has 1 nitrogen and oxygen atoms in total. The topological polar surface area (TPSA) is 23.8 Å². The van der Waals surface area contributed by atoms with Crippen molar-refractivity contribution >= 4 is 0 Å². The Morgan fingerprint density at radius 1 is 1.21 bits per heavy atom. The van der Waals surface area contributed by atoms with E-state index in [0.717, 1.165) is 6.42 Å². The number of rotatable bonds is 3. The molecule has 108 valence electrons. The monoisotopic (exact) mass is 285 g/mol. The highest BCUT2D eigenvalue weighted by molar-refractivity contribution is 5.13. The molecule has 0 bridgehead atoms. The number of hydrogen-bond acceptors (Lipinski definition) is 1. The Morgan fingerprint density at radius 3 is 2.11 bits per heavy atom. The van der Waals surface area contributed by atoms with Crippen LogP contribution >= 0.6 is 0 Å². The van der Waals surface area contributed by atoms with Gasteiger partial charge in [0.2, 0.25) is 0 Å². The van der Waals surface area contributed by atoms with E-state index in [1.807, 2.05) is 0 Å². The van der Waals surface area contributed by atoms with Crippen LogP contribution in [0.5, 0.6) is 0 Å². The molecule has 1 aliphatic rings. The van der Waals surface area contributed by atoms with Gasteiger partial charge in [-0.3, -0.25) is 0 Å². The van der Waals surface area contributed by atoms with Crippen molar-refractivity contribution in [3.63, 3.8) is 0 Å². The van der Waals surface area contributed by atoms with Crippen LogP contribution < -0.4 is 0 Å². The third-order valence-electron chi connectivity index (χ3n) is 3.79. The van der Waals surface area contributed by atoms with E-state index in [4.69, 9.17) is 5.26 Å². The Labute approximate surface area is 107 Å². The molecule has 0 aromatic rings. The second-order valence-corrected chi connectivity index (χ2v) is 4.62. The number of halogens is 6. The maximum Gasteiger partial charge on any atom is 0.403 e. The fraction of sp³-hybridized carbons (Fsp3) is 0.750. The van der Waals surface area contributed by atoms with E-state index in [0.29, 0.717) is 0 Å². The number of nitrogens with zero attached hydrogens (tertiary/aromatic N) is 1. The first kappa shape index (κ1) is 16.1. The third kappa shape index (κ3) is 2.41. The molecule has 0 aliphatic heterocycles. The van der Waals surface area contributed by atoms with Crippen molar-refractivity contribution in [1.82, 2.24) is 0 Å². The Hall–Kier alpha value is -0.930. The van der Waals surface area contributed by atoms with Crippen LogP contribution in [0.1, 0.15) is 25.7 Å². The average molecular weight is 285 g/mol. The summed E-state index contributed by atoms with van der Waals surface area (Å²) in [5.74, 6) is -3.32. The molecule has 2 unspecified atom stereocenters. The van der Waals surface area contributed by atoms with E-state index < -0.39 is 42.4 Å². The highest BCUT2D eigenvalue weighted by Crippen LogP contribution is 2.66. The van der Waals surface area contributed by atoms with Gasteiger partial charge in [-0.2, -0.15) is 31.6 Å². The molecule has 0 N–H and O–H groups in total. The summed E-state index contributed by atoms with van der Waals surface area (Å²) in [4.78, 5) is 0. The molecule has 1 rings (SSSR count). The Balaban J connectivity index is 3.31. The molecule has 0 amide bonds. The van der Waals surface area contributed by atoms with E-state index >= 15 is 0 Å². The summed E-state index contributed by atoms with van der Waals surface area (Å²) in [5.41, 5.74) is -3.77. The molecule has 2 radical (unpaired) electrons. The van der Waals surface area contributed by atoms with Gasteiger partial charge in [0, 0.05) is 6.42 Å². The SMILES string of the molecule is [CH2]CC1C[CH]C(CCC#N)C1(C(F)(F)F)C(F)(F)F. The van der Waals surface area contributed by atoms with Gasteiger partial charge in [0.1, 0.15) is 0 Å². The minimum atomic E-state index is -5.40. The number of alkyl halides is 6. The predicted octanol–water partition coefficient (Wildman–Crippen LogP) is 4.47. The molecule has 1 fully saturated rings. The second kappa shape index (κ2) is 5.22. The highest BCUT2D eigenvalue weighted by Gasteiger charge is 2.77. The molecule has 1 aliphatic carbocycles. The maximum atomic E-state index is 13.2. The summed E-state index contributed by atoms with van der Waals surface area (Å²) in [7, 11) is 0. The van der Waals surface area contributed by atoms with E-state index in [-0.39, 0.29) is 12.8 Å². The molecule has 1 saturated carbocycles. The largest absolute Gasteiger partial charge is 0.403 e. The smallest absolute Gasteiger partial charge is 0.198 e. The molecule has 0 aromatic carbocycles. The van der Waals surface area contributed by atoms with Gasteiger partial charge >= 0.3 is 12.4 Å². The summed E-state index contributed by atoms with van der Waals surface area (Å²) >= 11 is 0. The van der Waals surface area contributed by atoms with Crippen LogP contribution in [0.25, 0.3) is 0 Å².